The summed E-state index contributed by atoms with van der Waals surface area (Å²) < 4.78 is 21.6. The van der Waals surface area contributed by atoms with Crippen molar-refractivity contribution in [3.63, 3.8) is 0 Å². The van der Waals surface area contributed by atoms with E-state index in [0.29, 0.717) is 12.8 Å². The minimum atomic E-state index is -1.99. The summed E-state index contributed by atoms with van der Waals surface area (Å²) >= 11 is 0. The van der Waals surface area contributed by atoms with Gasteiger partial charge in [0.05, 0.1) is 11.3 Å². The van der Waals surface area contributed by atoms with Gasteiger partial charge in [0.2, 0.25) is 5.91 Å². The average Bonchev–Trinajstić information content (AvgIpc) is 3.22. The fourth-order valence-corrected chi connectivity index (χ4v) is 4.09. The minimum absolute atomic E-state index is 0.0986. The number of amides is 2. The number of aliphatic hydroxyl groups is 1. The molecule has 0 radical (unpaired) electrons. The van der Waals surface area contributed by atoms with Gasteiger partial charge < -0.3 is 30.3 Å². The zero-order chi connectivity index (χ0) is 23.7. The molecule has 2 amide bonds. The molecule has 11 nitrogen and oxygen atoms in total. The van der Waals surface area contributed by atoms with Crippen LogP contribution in [0.3, 0.4) is 0 Å². The molecule has 0 aliphatic heterocycles. The van der Waals surface area contributed by atoms with Crippen LogP contribution >= 0.6 is 8.46 Å². The van der Waals surface area contributed by atoms with Gasteiger partial charge in [0, 0.05) is 13.0 Å². The van der Waals surface area contributed by atoms with E-state index < -0.39 is 49.2 Å². The highest BCUT2D eigenvalue weighted by molar-refractivity contribution is 7.25. The number of hydrogen-bond acceptors (Lipinski definition) is 8. The largest absolute Gasteiger partial charge is 0.480 e. The van der Waals surface area contributed by atoms with Gasteiger partial charge >= 0.3 is 18.0 Å². The number of ether oxygens (including phenoxy) is 2. The molecule has 0 aromatic heterocycles. The standard InChI is InChI=1S/C19H31N2O9P/c1-12(2)15(24)29-10-11-30-17(26)20-9-8-19(27,31-28)18(6-4-5-7-18)16(25)21-13(3)14(22)23/h12-13,27H,4-11H2,1-3H3,(H,20,26)(H,21,25)(H,22,23). The van der Waals surface area contributed by atoms with Crippen molar-refractivity contribution < 1.29 is 43.4 Å². The van der Waals surface area contributed by atoms with E-state index in [0.717, 1.165) is 0 Å². The molecular formula is C19H31N2O9P. The number of nitrogens with one attached hydrogen (secondary N) is 2. The first-order valence-corrected chi connectivity index (χ1v) is 11.0. The highest BCUT2D eigenvalue weighted by atomic mass is 31.1. The number of esters is 1. The summed E-state index contributed by atoms with van der Waals surface area (Å²) in [7, 11) is -0.702. The lowest BCUT2D eigenvalue weighted by Crippen LogP contribution is -2.56. The number of carbonyl (C=O) groups excluding carboxylic acids is 3. The second-order valence-corrected chi connectivity index (χ2v) is 8.79. The van der Waals surface area contributed by atoms with Crippen molar-refractivity contribution >= 4 is 32.4 Å². The molecule has 31 heavy (non-hydrogen) atoms. The van der Waals surface area contributed by atoms with Gasteiger partial charge in [-0.25, -0.2) is 4.79 Å². The van der Waals surface area contributed by atoms with Crippen molar-refractivity contribution in [2.45, 2.75) is 64.3 Å². The van der Waals surface area contributed by atoms with Gasteiger partial charge in [0.15, 0.2) is 13.8 Å². The van der Waals surface area contributed by atoms with E-state index in [2.05, 4.69) is 10.6 Å². The van der Waals surface area contributed by atoms with Gasteiger partial charge in [-0.1, -0.05) is 26.7 Å². The molecule has 12 heteroatoms. The monoisotopic (exact) mass is 462 g/mol. The third kappa shape index (κ3) is 7.14. The molecule has 176 valence electrons. The maximum Gasteiger partial charge on any atom is 0.407 e. The smallest absolute Gasteiger partial charge is 0.407 e. The number of rotatable bonds is 12. The van der Waals surface area contributed by atoms with E-state index in [-0.39, 0.29) is 44.9 Å². The molecule has 4 N–H and O–H groups in total. The quantitative estimate of drug-likeness (QED) is 0.190. The molecule has 0 aromatic rings. The highest BCUT2D eigenvalue weighted by Crippen LogP contribution is 2.53. The summed E-state index contributed by atoms with van der Waals surface area (Å²) in [6.45, 7) is 4.25. The van der Waals surface area contributed by atoms with Crippen LogP contribution in [-0.2, 0) is 28.4 Å². The van der Waals surface area contributed by atoms with Gasteiger partial charge in [-0.15, -0.1) is 0 Å². The van der Waals surface area contributed by atoms with Crippen LogP contribution in [0, 0.1) is 11.3 Å². The van der Waals surface area contributed by atoms with Crippen molar-refractivity contribution in [2.24, 2.45) is 11.3 Å². The summed E-state index contributed by atoms with van der Waals surface area (Å²) in [5.41, 5.74) is -1.43. The number of carbonyl (C=O) groups is 4. The second-order valence-electron chi connectivity index (χ2n) is 7.87. The van der Waals surface area contributed by atoms with Crippen molar-refractivity contribution in [1.82, 2.24) is 10.6 Å². The Bertz CT molecular complexity index is 679. The zero-order valence-corrected chi connectivity index (χ0v) is 18.9. The summed E-state index contributed by atoms with van der Waals surface area (Å²) in [5.74, 6) is -2.62. The number of alkyl carbamates (subject to hydrolysis) is 1. The maximum absolute atomic E-state index is 12.8. The van der Waals surface area contributed by atoms with E-state index in [1.165, 1.54) is 6.92 Å². The molecule has 0 aromatic carbocycles. The van der Waals surface area contributed by atoms with Gasteiger partial charge in [-0.3, -0.25) is 18.9 Å². The second kappa shape index (κ2) is 12.0. The Morgan fingerprint density at radius 1 is 1.10 bits per heavy atom. The van der Waals surface area contributed by atoms with Crippen LogP contribution in [0.25, 0.3) is 0 Å². The molecule has 0 heterocycles. The molecule has 2 unspecified atom stereocenters. The zero-order valence-electron chi connectivity index (χ0n) is 18.0. The predicted octanol–water partition coefficient (Wildman–Crippen LogP) is 1.43. The van der Waals surface area contributed by atoms with E-state index >= 15 is 0 Å². The highest BCUT2D eigenvalue weighted by Gasteiger charge is 2.57. The SMILES string of the molecule is CC(C)C(=O)OCCOC(=O)NCCC(O)(P=O)C1(C(=O)NC(C)C(=O)O)CCCC1. The normalized spacial score (nSPS) is 18.1. The molecule has 1 saturated carbocycles. The molecule has 2 atom stereocenters. The number of aliphatic carboxylic acids is 1. The van der Waals surface area contributed by atoms with Gasteiger partial charge in [-0.05, 0) is 19.8 Å². The van der Waals surface area contributed by atoms with E-state index in [4.69, 9.17) is 14.6 Å². The summed E-state index contributed by atoms with van der Waals surface area (Å²) in [4.78, 5) is 47.0. The van der Waals surface area contributed by atoms with Crippen molar-refractivity contribution in [1.29, 1.82) is 0 Å². The summed E-state index contributed by atoms with van der Waals surface area (Å²) in [6, 6.07) is -1.17. The van der Waals surface area contributed by atoms with Gasteiger partial charge in [-0.2, -0.15) is 0 Å². The van der Waals surface area contributed by atoms with E-state index in [1.807, 2.05) is 0 Å². The Hall–Kier alpha value is -2.26. The van der Waals surface area contributed by atoms with Crippen LogP contribution in [0.2, 0.25) is 0 Å². The summed E-state index contributed by atoms with van der Waals surface area (Å²) in [6.07, 6.45) is 0.652. The molecule has 1 aliphatic rings. The van der Waals surface area contributed by atoms with E-state index in [9.17, 15) is 28.8 Å². The molecule has 1 fully saturated rings. The Morgan fingerprint density at radius 2 is 1.68 bits per heavy atom. The van der Waals surface area contributed by atoms with Crippen molar-refractivity contribution in [2.75, 3.05) is 19.8 Å². The lowest BCUT2D eigenvalue weighted by Gasteiger charge is -2.39. The van der Waals surface area contributed by atoms with Crippen molar-refractivity contribution in [3.8, 4) is 0 Å². The fourth-order valence-electron chi connectivity index (χ4n) is 3.39. The molecular weight excluding hydrogens is 431 g/mol. The maximum atomic E-state index is 12.8. The van der Waals surface area contributed by atoms with E-state index in [1.54, 1.807) is 13.8 Å². The van der Waals surface area contributed by atoms with Crippen LogP contribution in [0.4, 0.5) is 4.79 Å². The molecule has 1 aliphatic carbocycles. The van der Waals surface area contributed by atoms with Crippen LogP contribution < -0.4 is 10.6 Å². The Balaban J connectivity index is 2.63. The van der Waals surface area contributed by atoms with Crippen molar-refractivity contribution in [3.05, 3.63) is 0 Å². The number of carboxylic acid groups (broad SMARTS) is 1. The first kappa shape index (κ1) is 26.8. The molecule has 0 bridgehead atoms. The third-order valence-electron chi connectivity index (χ3n) is 5.30. The lowest BCUT2D eigenvalue weighted by atomic mass is 9.77. The first-order chi connectivity index (χ1) is 14.5. The Labute approximate surface area is 182 Å². The fraction of sp³-hybridized carbons (Fsp3) is 0.789. The Morgan fingerprint density at radius 3 is 2.19 bits per heavy atom. The number of hydrogen-bond donors (Lipinski definition) is 4. The summed E-state index contributed by atoms with van der Waals surface area (Å²) in [5, 5.41) is 22.8. The molecule has 1 rings (SSSR count). The average molecular weight is 462 g/mol. The van der Waals surface area contributed by atoms with Crippen LogP contribution in [0.1, 0.15) is 52.9 Å². The van der Waals surface area contributed by atoms with Crippen LogP contribution in [0.5, 0.6) is 0 Å². The number of carboxylic acids is 1. The first-order valence-electron chi connectivity index (χ1n) is 10.2. The van der Waals surface area contributed by atoms with Crippen LogP contribution in [-0.4, -0.2) is 65.3 Å². The van der Waals surface area contributed by atoms with Gasteiger partial charge in [0.25, 0.3) is 0 Å². The van der Waals surface area contributed by atoms with Crippen LogP contribution in [0.15, 0.2) is 0 Å². The predicted molar refractivity (Wildman–Crippen MR) is 108 cm³/mol. The minimum Gasteiger partial charge on any atom is -0.480 e. The topological polar surface area (TPSA) is 168 Å². The molecule has 0 spiro atoms. The lowest BCUT2D eigenvalue weighted by molar-refractivity contribution is -0.148. The van der Waals surface area contributed by atoms with Gasteiger partial charge in [0.1, 0.15) is 19.3 Å². The third-order valence-corrected chi connectivity index (χ3v) is 6.26. The Kier molecular flexibility index (Phi) is 10.3. The molecule has 0 saturated heterocycles.